The Kier molecular flexibility index (Phi) is 4.26. The molecule has 6 heteroatoms. The number of para-hydroxylation sites is 1. The number of benzene rings is 2. The number of rotatable bonds is 3. The predicted octanol–water partition coefficient (Wildman–Crippen LogP) is 2.30. The van der Waals surface area contributed by atoms with E-state index in [4.69, 9.17) is 4.74 Å². The van der Waals surface area contributed by atoms with Gasteiger partial charge in [0.05, 0.1) is 25.1 Å². The molecule has 0 atom stereocenters. The van der Waals surface area contributed by atoms with E-state index in [0.717, 1.165) is 43.1 Å². The fourth-order valence-electron chi connectivity index (χ4n) is 2.95. The van der Waals surface area contributed by atoms with Crippen molar-refractivity contribution in [3.63, 3.8) is 0 Å². The number of ether oxygens (including phenoxy) is 1. The van der Waals surface area contributed by atoms with Crippen LogP contribution >= 0.6 is 0 Å². The average molecular weight is 334 g/mol. The SMILES string of the molecule is O=C1Nc2ccccc2/C1=N/N=Cc1ccc(N2CCOCC2)cc1. The van der Waals surface area contributed by atoms with Crippen LogP contribution in [0.1, 0.15) is 11.1 Å². The van der Waals surface area contributed by atoms with Gasteiger partial charge < -0.3 is 15.0 Å². The van der Waals surface area contributed by atoms with Crippen molar-refractivity contribution in [1.29, 1.82) is 0 Å². The van der Waals surface area contributed by atoms with Crippen LogP contribution in [0.15, 0.2) is 58.7 Å². The van der Waals surface area contributed by atoms with Crippen molar-refractivity contribution >= 4 is 29.2 Å². The second kappa shape index (κ2) is 6.86. The highest BCUT2D eigenvalue weighted by molar-refractivity contribution is 6.53. The van der Waals surface area contributed by atoms with Crippen molar-refractivity contribution in [2.75, 3.05) is 36.5 Å². The van der Waals surface area contributed by atoms with Crippen LogP contribution in [-0.4, -0.2) is 44.1 Å². The van der Waals surface area contributed by atoms with Crippen LogP contribution in [0.2, 0.25) is 0 Å². The van der Waals surface area contributed by atoms with Gasteiger partial charge in [0.2, 0.25) is 0 Å². The smallest absolute Gasteiger partial charge is 0.276 e. The van der Waals surface area contributed by atoms with Crippen molar-refractivity contribution in [3.05, 3.63) is 59.7 Å². The molecule has 25 heavy (non-hydrogen) atoms. The maximum Gasteiger partial charge on any atom is 0.276 e. The molecule has 0 spiro atoms. The minimum absolute atomic E-state index is 0.221. The highest BCUT2D eigenvalue weighted by Crippen LogP contribution is 2.22. The van der Waals surface area contributed by atoms with Gasteiger partial charge >= 0.3 is 0 Å². The van der Waals surface area contributed by atoms with Gasteiger partial charge in [-0.15, -0.1) is 5.10 Å². The fourth-order valence-corrected chi connectivity index (χ4v) is 2.95. The van der Waals surface area contributed by atoms with Crippen LogP contribution in [0.4, 0.5) is 11.4 Å². The zero-order valence-corrected chi connectivity index (χ0v) is 13.7. The molecule has 2 heterocycles. The fraction of sp³-hybridized carbons (Fsp3) is 0.211. The molecular weight excluding hydrogens is 316 g/mol. The van der Waals surface area contributed by atoms with Gasteiger partial charge in [-0.3, -0.25) is 4.79 Å². The molecule has 2 aliphatic heterocycles. The Hall–Kier alpha value is -2.99. The van der Waals surface area contributed by atoms with Crippen molar-refractivity contribution in [2.24, 2.45) is 10.2 Å². The molecule has 1 fully saturated rings. The van der Waals surface area contributed by atoms with Crippen molar-refractivity contribution < 1.29 is 9.53 Å². The zero-order chi connectivity index (χ0) is 17.1. The molecule has 0 radical (unpaired) electrons. The second-order valence-electron chi connectivity index (χ2n) is 5.88. The summed E-state index contributed by atoms with van der Waals surface area (Å²) in [6.07, 6.45) is 1.66. The normalized spacial score (nSPS) is 18.6. The molecule has 6 nitrogen and oxygen atoms in total. The molecule has 1 N–H and O–H groups in total. The Labute approximate surface area is 145 Å². The van der Waals surface area contributed by atoms with Crippen LogP contribution in [0.3, 0.4) is 0 Å². The first-order chi connectivity index (χ1) is 12.3. The van der Waals surface area contributed by atoms with Crippen LogP contribution in [-0.2, 0) is 9.53 Å². The minimum atomic E-state index is -0.221. The second-order valence-corrected chi connectivity index (χ2v) is 5.88. The summed E-state index contributed by atoms with van der Waals surface area (Å²) in [6, 6.07) is 15.6. The molecule has 0 saturated carbocycles. The van der Waals surface area contributed by atoms with Gasteiger partial charge in [-0.05, 0) is 23.8 Å². The summed E-state index contributed by atoms with van der Waals surface area (Å²) in [5, 5.41) is 11.0. The predicted molar refractivity (Wildman–Crippen MR) is 98.7 cm³/mol. The number of carbonyl (C=O) groups excluding carboxylic acids is 1. The molecule has 1 saturated heterocycles. The minimum Gasteiger partial charge on any atom is -0.378 e. The van der Waals surface area contributed by atoms with Gasteiger partial charge in [-0.25, -0.2) is 0 Å². The molecule has 0 bridgehead atoms. The van der Waals surface area contributed by atoms with E-state index in [0.29, 0.717) is 5.71 Å². The average Bonchev–Trinajstić information content (AvgIpc) is 2.99. The number of hydrogen-bond acceptors (Lipinski definition) is 5. The summed E-state index contributed by atoms with van der Waals surface area (Å²) in [6.45, 7) is 3.36. The first-order valence-electron chi connectivity index (χ1n) is 8.26. The Morgan fingerprint density at radius 3 is 2.60 bits per heavy atom. The topological polar surface area (TPSA) is 66.3 Å². The number of fused-ring (bicyclic) bond motifs is 1. The van der Waals surface area contributed by atoms with E-state index < -0.39 is 0 Å². The van der Waals surface area contributed by atoms with Gasteiger partial charge in [0, 0.05) is 24.3 Å². The summed E-state index contributed by atoms with van der Waals surface area (Å²) in [4.78, 5) is 14.3. The number of nitrogens with one attached hydrogen (secondary N) is 1. The third kappa shape index (κ3) is 3.29. The summed E-state index contributed by atoms with van der Waals surface area (Å²) in [7, 11) is 0. The number of carbonyl (C=O) groups is 1. The lowest BCUT2D eigenvalue weighted by atomic mass is 10.1. The van der Waals surface area contributed by atoms with E-state index in [1.54, 1.807) is 6.21 Å². The molecule has 0 aliphatic carbocycles. The molecule has 0 aromatic heterocycles. The van der Waals surface area contributed by atoms with E-state index in [9.17, 15) is 4.79 Å². The lowest BCUT2D eigenvalue weighted by Crippen LogP contribution is -2.36. The van der Waals surface area contributed by atoms with Gasteiger partial charge in [0.15, 0.2) is 5.71 Å². The highest BCUT2D eigenvalue weighted by Gasteiger charge is 2.25. The Morgan fingerprint density at radius 1 is 1.04 bits per heavy atom. The van der Waals surface area contributed by atoms with Crippen LogP contribution < -0.4 is 10.2 Å². The van der Waals surface area contributed by atoms with Crippen LogP contribution in [0.25, 0.3) is 0 Å². The first kappa shape index (κ1) is 15.5. The van der Waals surface area contributed by atoms with Gasteiger partial charge in [0.25, 0.3) is 5.91 Å². The summed E-state index contributed by atoms with van der Waals surface area (Å²) >= 11 is 0. The monoisotopic (exact) mass is 334 g/mol. The first-order valence-corrected chi connectivity index (χ1v) is 8.26. The lowest BCUT2D eigenvalue weighted by Gasteiger charge is -2.28. The summed E-state index contributed by atoms with van der Waals surface area (Å²) in [5.41, 5.74) is 4.02. The Morgan fingerprint density at radius 2 is 1.80 bits per heavy atom. The number of amides is 1. The van der Waals surface area contributed by atoms with Crippen LogP contribution in [0.5, 0.6) is 0 Å². The van der Waals surface area contributed by atoms with E-state index in [2.05, 4.69) is 32.6 Å². The largest absolute Gasteiger partial charge is 0.378 e. The lowest BCUT2D eigenvalue weighted by molar-refractivity contribution is -0.110. The van der Waals surface area contributed by atoms with Crippen molar-refractivity contribution in [1.82, 2.24) is 0 Å². The number of hydrogen-bond donors (Lipinski definition) is 1. The maximum absolute atomic E-state index is 12.0. The molecule has 1 amide bonds. The number of morpholine rings is 1. The van der Waals surface area contributed by atoms with Gasteiger partial charge in [-0.2, -0.15) is 5.10 Å². The molecule has 2 aliphatic rings. The molecule has 0 unspecified atom stereocenters. The third-order valence-electron chi connectivity index (χ3n) is 4.28. The summed E-state index contributed by atoms with van der Waals surface area (Å²) < 4.78 is 5.37. The van der Waals surface area contributed by atoms with E-state index in [-0.39, 0.29) is 5.91 Å². The van der Waals surface area contributed by atoms with Gasteiger partial charge in [-0.1, -0.05) is 30.3 Å². The molecule has 126 valence electrons. The molecule has 4 rings (SSSR count). The zero-order valence-electron chi connectivity index (χ0n) is 13.7. The van der Waals surface area contributed by atoms with Gasteiger partial charge in [0.1, 0.15) is 0 Å². The highest BCUT2D eigenvalue weighted by atomic mass is 16.5. The molecule has 2 aromatic carbocycles. The van der Waals surface area contributed by atoms with E-state index >= 15 is 0 Å². The quantitative estimate of drug-likeness (QED) is 0.692. The summed E-state index contributed by atoms with van der Waals surface area (Å²) in [5.74, 6) is -0.221. The maximum atomic E-state index is 12.0. The number of anilines is 2. The van der Waals surface area contributed by atoms with Crippen molar-refractivity contribution in [3.8, 4) is 0 Å². The Bertz CT molecular complexity index is 837. The standard InChI is InChI=1S/C19H18N4O2/c24-19-18(16-3-1-2-4-17(16)21-19)22-20-13-14-5-7-15(8-6-14)23-9-11-25-12-10-23/h1-8,13H,9-12H2,(H,21,22,24). The third-order valence-corrected chi connectivity index (χ3v) is 4.28. The van der Waals surface area contributed by atoms with E-state index in [1.165, 1.54) is 5.69 Å². The molecule has 2 aromatic rings. The van der Waals surface area contributed by atoms with E-state index in [1.807, 2.05) is 36.4 Å². The molecular formula is C19H18N4O2. The van der Waals surface area contributed by atoms with Crippen molar-refractivity contribution in [2.45, 2.75) is 0 Å². The Balaban J connectivity index is 1.48. The van der Waals surface area contributed by atoms with Crippen LogP contribution in [0, 0.1) is 0 Å². The number of nitrogens with zero attached hydrogens (tertiary/aromatic N) is 3.